The predicted octanol–water partition coefficient (Wildman–Crippen LogP) is 4.51. The first-order valence-corrected chi connectivity index (χ1v) is 11.7. The quantitative estimate of drug-likeness (QED) is 0.500. The minimum absolute atomic E-state index is 0.0101. The molecule has 3 aromatic rings. The van der Waals surface area contributed by atoms with E-state index in [1.807, 2.05) is 13.0 Å². The summed E-state index contributed by atoms with van der Waals surface area (Å²) < 4.78 is 38.7. The van der Waals surface area contributed by atoms with Gasteiger partial charge in [-0.1, -0.05) is 18.2 Å². The second-order valence-electron chi connectivity index (χ2n) is 8.72. The smallest absolute Gasteiger partial charge is 0.264 e. The van der Waals surface area contributed by atoms with Crippen LogP contribution in [0.3, 0.4) is 0 Å². The van der Waals surface area contributed by atoms with E-state index in [1.165, 1.54) is 24.1 Å². The number of aryl methyl sites for hydroxylation is 1. The zero-order valence-corrected chi connectivity index (χ0v) is 20.4. The SMILES string of the molecule is CCOCc1[nH]c(=O)c(C(=O)N2CCC(c3ccc(F)cc3F)C2)c(O)c1-c1c(C)cccc1OC. The van der Waals surface area contributed by atoms with Gasteiger partial charge < -0.3 is 24.5 Å². The maximum absolute atomic E-state index is 14.3. The highest BCUT2D eigenvalue weighted by Gasteiger charge is 2.34. The van der Waals surface area contributed by atoms with E-state index in [4.69, 9.17) is 9.47 Å². The van der Waals surface area contributed by atoms with Gasteiger partial charge >= 0.3 is 0 Å². The van der Waals surface area contributed by atoms with Crippen LogP contribution in [0.15, 0.2) is 41.2 Å². The second kappa shape index (κ2) is 10.5. The third-order valence-electron chi connectivity index (χ3n) is 6.51. The average molecular weight is 499 g/mol. The summed E-state index contributed by atoms with van der Waals surface area (Å²) in [4.78, 5) is 30.6. The highest BCUT2D eigenvalue weighted by Crippen LogP contribution is 2.41. The molecule has 0 radical (unpaired) electrons. The molecule has 1 amide bonds. The van der Waals surface area contributed by atoms with Gasteiger partial charge in [0.1, 0.15) is 28.7 Å². The van der Waals surface area contributed by atoms with Crippen molar-refractivity contribution in [3.8, 4) is 22.6 Å². The van der Waals surface area contributed by atoms with Crippen LogP contribution < -0.4 is 10.3 Å². The van der Waals surface area contributed by atoms with E-state index < -0.39 is 34.4 Å². The number of nitrogens with zero attached hydrogens (tertiary/aromatic N) is 1. The number of hydrogen-bond acceptors (Lipinski definition) is 5. The average Bonchev–Trinajstić information content (AvgIpc) is 3.33. The number of methoxy groups -OCH3 is 1. The molecule has 2 aromatic carbocycles. The first-order chi connectivity index (χ1) is 17.3. The number of halogens is 2. The Balaban J connectivity index is 1.76. The molecule has 1 aliphatic heterocycles. The standard InChI is InChI=1S/C27H28F2N2O5/c1-4-36-14-20-23(22-15(2)6-5-7-21(22)35-3)25(32)24(26(33)30-20)27(34)31-11-10-16(13-31)18-9-8-17(28)12-19(18)29/h5-9,12,16H,4,10-11,13-14H2,1-3H3,(H2,30,32,33). The van der Waals surface area contributed by atoms with Crippen LogP contribution in [-0.2, 0) is 11.3 Å². The number of rotatable bonds is 7. The Morgan fingerprint density at radius 1 is 1.22 bits per heavy atom. The van der Waals surface area contributed by atoms with E-state index in [2.05, 4.69) is 4.98 Å². The third-order valence-corrected chi connectivity index (χ3v) is 6.51. The summed E-state index contributed by atoms with van der Waals surface area (Å²) in [6, 6.07) is 8.72. The summed E-state index contributed by atoms with van der Waals surface area (Å²) in [5.41, 5.74) is 1.02. The topological polar surface area (TPSA) is 91.9 Å². The lowest BCUT2D eigenvalue weighted by Crippen LogP contribution is -2.34. The molecule has 0 saturated carbocycles. The number of aromatic nitrogens is 1. The van der Waals surface area contributed by atoms with Crippen LogP contribution in [0.2, 0.25) is 0 Å². The number of carbonyl (C=O) groups excluding carboxylic acids is 1. The van der Waals surface area contributed by atoms with Crippen molar-refractivity contribution in [1.82, 2.24) is 9.88 Å². The summed E-state index contributed by atoms with van der Waals surface area (Å²) in [7, 11) is 1.49. The van der Waals surface area contributed by atoms with Gasteiger partial charge in [-0.3, -0.25) is 9.59 Å². The van der Waals surface area contributed by atoms with E-state index in [9.17, 15) is 23.5 Å². The molecule has 1 unspecified atom stereocenters. The monoisotopic (exact) mass is 498 g/mol. The van der Waals surface area contributed by atoms with Crippen LogP contribution in [0.5, 0.6) is 11.5 Å². The fourth-order valence-corrected chi connectivity index (χ4v) is 4.74. The Bertz CT molecular complexity index is 1350. The Morgan fingerprint density at radius 3 is 2.69 bits per heavy atom. The van der Waals surface area contributed by atoms with Crippen LogP contribution in [0, 0.1) is 18.6 Å². The van der Waals surface area contributed by atoms with Crippen LogP contribution in [0.25, 0.3) is 11.1 Å². The Labute approximate surface area is 207 Å². The van der Waals surface area contributed by atoms with Gasteiger partial charge in [0.05, 0.1) is 25.0 Å². The van der Waals surface area contributed by atoms with Crippen molar-refractivity contribution in [2.75, 3.05) is 26.8 Å². The Morgan fingerprint density at radius 2 is 2.00 bits per heavy atom. The van der Waals surface area contributed by atoms with Crippen molar-refractivity contribution in [3.05, 3.63) is 80.8 Å². The summed E-state index contributed by atoms with van der Waals surface area (Å²) in [5, 5.41) is 11.4. The molecular formula is C27H28F2N2O5. The number of hydrogen-bond donors (Lipinski definition) is 2. The fourth-order valence-electron chi connectivity index (χ4n) is 4.74. The number of pyridine rings is 1. The third kappa shape index (κ3) is 4.70. The lowest BCUT2D eigenvalue weighted by atomic mass is 9.95. The number of aromatic hydroxyl groups is 1. The number of ether oxygens (including phenoxy) is 2. The molecule has 0 bridgehead atoms. The molecule has 9 heteroatoms. The molecule has 36 heavy (non-hydrogen) atoms. The van der Waals surface area contributed by atoms with Crippen LogP contribution >= 0.6 is 0 Å². The van der Waals surface area contributed by atoms with Crippen LogP contribution in [0.4, 0.5) is 8.78 Å². The summed E-state index contributed by atoms with van der Waals surface area (Å²) in [6.07, 6.45) is 0.438. The van der Waals surface area contributed by atoms with Crippen LogP contribution in [-0.4, -0.2) is 47.7 Å². The Kier molecular flexibility index (Phi) is 7.40. The lowest BCUT2D eigenvalue weighted by Gasteiger charge is -2.21. The predicted molar refractivity (Wildman–Crippen MR) is 130 cm³/mol. The van der Waals surface area contributed by atoms with E-state index in [1.54, 1.807) is 19.1 Å². The number of carbonyl (C=O) groups is 1. The molecule has 1 fully saturated rings. The molecule has 1 aromatic heterocycles. The lowest BCUT2D eigenvalue weighted by molar-refractivity contribution is 0.0785. The zero-order valence-electron chi connectivity index (χ0n) is 20.4. The van der Waals surface area contributed by atoms with Crippen molar-refractivity contribution < 1.29 is 28.2 Å². The van der Waals surface area contributed by atoms with Gasteiger partial charge in [-0.05, 0) is 43.5 Å². The van der Waals surface area contributed by atoms with Crippen molar-refractivity contribution in [1.29, 1.82) is 0 Å². The van der Waals surface area contributed by atoms with E-state index in [0.717, 1.165) is 11.6 Å². The maximum atomic E-state index is 14.3. The number of amides is 1. The van der Waals surface area contributed by atoms with Gasteiger partial charge in [0.25, 0.3) is 11.5 Å². The first kappa shape index (κ1) is 25.4. The van der Waals surface area contributed by atoms with Gasteiger partial charge in [0.2, 0.25) is 0 Å². The minimum atomic E-state index is -0.750. The molecule has 190 valence electrons. The van der Waals surface area contributed by atoms with Gasteiger partial charge in [0.15, 0.2) is 0 Å². The molecule has 1 atom stereocenters. The number of nitrogens with one attached hydrogen (secondary N) is 1. The largest absolute Gasteiger partial charge is 0.506 e. The molecule has 2 N–H and O–H groups in total. The number of likely N-dealkylation sites (tertiary alicyclic amines) is 1. The first-order valence-electron chi connectivity index (χ1n) is 11.7. The van der Waals surface area contributed by atoms with Crippen molar-refractivity contribution >= 4 is 5.91 Å². The molecule has 1 aliphatic rings. The molecule has 2 heterocycles. The zero-order chi connectivity index (χ0) is 26.0. The van der Waals surface area contributed by atoms with Gasteiger partial charge in [-0.15, -0.1) is 0 Å². The Hall–Kier alpha value is -3.72. The molecule has 0 aliphatic carbocycles. The highest BCUT2D eigenvalue weighted by atomic mass is 19.1. The summed E-state index contributed by atoms with van der Waals surface area (Å²) >= 11 is 0. The molecule has 0 spiro atoms. The highest BCUT2D eigenvalue weighted by molar-refractivity contribution is 6.00. The normalized spacial score (nSPS) is 15.4. The van der Waals surface area contributed by atoms with Crippen molar-refractivity contribution in [3.63, 3.8) is 0 Å². The second-order valence-corrected chi connectivity index (χ2v) is 8.72. The molecule has 1 saturated heterocycles. The fraction of sp³-hybridized carbons (Fsp3) is 0.333. The number of benzene rings is 2. The van der Waals surface area contributed by atoms with E-state index in [0.29, 0.717) is 35.6 Å². The summed E-state index contributed by atoms with van der Waals surface area (Å²) in [6.45, 7) is 4.40. The van der Waals surface area contributed by atoms with Crippen LogP contribution in [0.1, 0.15) is 46.4 Å². The van der Waals surface area contributed by atoms with Gasteiger partial charge in [-0.25, -0.2) is 8.78 Å². The van der Waals surface area contributed by atoms with Gasteiger partial charge in [0, 0.05) is 37.2 Å². The van der Waals surface area contributed by atoms with E-state index in [-0.39, 0.29) is 31.2 Å². The summed E-state index contributed by atoms with van der Waals surface area (Å²) in [5.74, 6) is -2.39. The van der Waals surface area contributed by atoms with Crippen molar-refractivity contribution in [2.45, 2.75) is 32.8 Å². The maximum Gasteiger partial charge on any atom is 0.264 e. The van der Waals surface area contributed by atoms with Gasteiger partial charge in [-0.2, -0.15) is 0 Å². The van der Waals surface area contributed by atoms with E-state index >= 15 is 0 Å². The van der Waals surface area contributed by atoms with Crippen molar-refractivity contribution in [2.24, 2.45) is 0 Å². The molecular weight excluding hydrogens is 470 g/mol. The molecule has 4 rings (SSSR count). The number of aromatic amines is 1. The molecule has 7 nitrogen and oxygen atoms in total. The number of H-pyrrole nitrogens is 1. The minimum Gasteiger partial charge on any atom is -0.506 e.